The molecular formula is C32H36ClN5O2S. The van der Waals surface area contributed by atoms with Crippen molar-refractivity contribution in [2.24, 2.45) is 5.92 Å². The lowest BCUT2D eigenvalue weighted by atomic mass is 9.90. The van der Waals surface area contributed by atoms with E-state index in [0.717, 1.165) is 55.0 Å². The molecule has 1 fully saturated rings. The van der Waals surface area contributed by atoms with Crippen LogP contribution in [0.15, 0.2) is 66.7 Å². The number of halogens is 1. The number of benzene rings is 2. The molecule has 3 heterocycles. The van der Waals surface area contributed by atoms with Gasteiger partial charge in [-0.25, -0.2) is 9.48 Å². The van der Waals surface area contributed by atoms with Gasteiger partial charge in [-0.15, -0.1) is 11.3 Å². The number of thiophene rings is 1. The van der Waals surface area contributed by atoms with Crippen LogP contribution in [-0.4, -0.2) is 39.7 Å². The van der Waals surface area contributed by atoms with Crippen LogP contribution in [0.25, 0.3) is 5.69 Å². The summed E-state index contributed by atoms with van der Waals surface area (Å²) in [5.74, 6) is 1.21. The number of aromatic nitrogens is 2. The van der Waals surface area contributed by atoms with E-state index in [-0.39, 0.29) is 17.4 Å². The molecule has 7 nitrogen and oxygen atoms in total. The van der Waals surface area contributed by atoms with Crippen LogP contribution < -0.4 is 10.6 Å². The van der Waals surface area contributed by atoms with E-state index in [1.54, 1.807) is 16.8 Å². The average Bonchev–Trinajstić information content (AvgIpc) is 3.57. The summed E-state index contributed by atoms with van der Waals surface area (Å²) in [5, 5.41) is 10.7. The maximum Gasteiger partial charge on any atom is 0.324 e. The number of rotatable bonds is 6. The number of hydrogen-bond acceptors (Lipinski definition) is 4. The Bertz CT molecular complexity index is 1510. The SMILES string of the molecule is Cc1ccc(-n2nc(C(C)(C)C)cc2NC(=O)Nc2ccc(CC3CCN(C(=O)c4ccc(Cl)s4)CC3)cc2)cc1. The van der Waals surface area contributed by atoms with E-state index in [9.17, 15) is 9.59 Å². The van der Waals surface area contributed by atoms with Gasteiger partial charge in [-0.1, -0.05) is 62.2 Å². The maximum atomic E-state index is 13.0. The first-order valence-corrected chi connectivity index (χ1v) is 15.1. The lowest BCUT2D eigenvalue weighted by molar-refractivity contribution is 0.0695. The van der Waals surface area contributed by atoms with Crippen LogP contribution in [0.4, 0.5) is 16.3 Å². The summed E-state index contributed by atoms with van der Waals surface area (Å²) in [7, 11) is 0. The Morgan fingerprint density at radius 2 is 1.66 bits per heavy atom. The van der Waals surface area contributed by atoms with Crippen LogP contribution in [0.1, 0.15) is 60.1 Å². The Hall–Kier alpha value is -3.62. The molecule has 4 aromatic rings. The van der Waals surface area contributed by atoms with Gasteiger partial charge < -0.3 is 10.2 Å². The topological polar surface area (TPSA) is 79.3 Å². The van der Waals surface area contributed by atoms with Gasteiger partial charge in [-0.3, -0.25) is 10.1 Å². The van der Waals surface area contributed by atoms with Gasteiger partial charge in [-0.2, -0.15) is 5.10 Å². The van der Waals surface area contributed by atoms with Crippen molar-refractivity contribution in [3.63, 3.8) is 0 Å². The third-order valence-corrected chi connectivity index (χ3v) is 8.64. The Kier molecular flexibility index (Phi) is 8.52. The molecule has 0 spiro atoms. The van der Waals surface area contributed by atoms with E-state index >= 15 is 0 Å². The van der Waals surface area contributed by atoms with Crippen molar-refractivity contribution in [3.8, 4) is 5.69 Å². The first-order valence-electron chi connectivity index (χ1n) is 13.9. The lowest BCUT2D eigenvalue weighted by Crippen LogP contribution is -2.38. The number of likely N-dealkylation sites (tertiary alicyclic amines) is 1. The highest BCUT2D eigenvalue weighted by Gasteiger charge is 2.25. The van der Waals surface area contributed by atoms with E-state index < -0.39 is 0 Å². The van der Waals surface area contributed by atoms with E-state index in [0.29, 0.717) is 20.9 Å². The molecule has 0 radical (unpaired) electrons. The first-order chi connectivity index (χ1) is 19.5. The second kappa shape index (κ2) is 12.1. The minimum absolute atomic E-state index is 0.0746. The van der Waals surface area contributed by atoms with E-state index in [1.165, 1.54) is 16.9 Å². The summed E-state index contributed by atoms with van der Waals surface area (Å²) in [4.78, 5) is 28.3. The zero-order chi connectivity index (χ0) is 29.1. The van der Waals surface area contributed by atoms with Gasteiger partial charge in [0.05, 0.1) is 20.6 Å². The smallest absolute Gasteiger partial charge is 0.324 e. The fourth-order valence-electron chi connectivity index (χ4n) is 4.98. The highest BCUT2D eigenvalue weighted by atomic mass is 35.5. The summed E-state index contributed by atoms with van der Waals surface area (Å²) in [6.45, 7) is 9.87. The zero-order valence-electron chi connectivity index (χ0n) is 23.9. The number of nitrogens with one attached hydrogen (secondary N) is 2. The predicted molar refractivity (Wildman–Crippen MR) is 168 cm³/mol. The number of piperidine rings is 1. The van der Waals surface area contributed by atoms with Crippen molar-refractivity contribution in [1.82, 2.24) is 14.7 Å². The van der Waals surface area contributed by atoms with Crippen molar-refractivity contribution in [3.05, 3.63) is 92.8 Å². The number of nitrogens with zero attached hydrogens (tertiary/aromatic N) is 3. The molecule has 214 valence electrons. The number of anilines is 2. The Balaban J connectivity index is 1.16. The number of carbonyl (C=O) groups excluding carboxylic acids is 2. The minimum Gasteiger partial charge on any atom is -0.338 e. The second-order valence-electron chi connectivity index (χ2n) is 11.7. The van der Waals surface area contributed by atoms with E-state index in [4.69, 9.17) is 16.7 Å². The van der Waals surface area contributed by atoms with Gasteiger partial charge in [0, 0.05) is 30.3 Å². The van der Waals surface area contributed by atoms with Gasteiger partial charge >= 0.3 is 6.03 Å². The molecule has 5 rings (SSSR count). The molecule has 3 amide bonds. The van der Waals surface area contributed by atoms with E-state index in [2.05, 4.69) is 43.5 Å². The molecule has 41 heavy (non-hydrogen) atoms. The normalized spacial score (nSPS) is 14.2. The number of aryl methyl sites for hydroxylation is 1. The average molecular weight is 590 g/mol. The van der Waals surface area contributed by atoms with Crippen LogP contribution >= 0.6 is 22.9 Å². The van der Waals surface area contributed by atoms with Crippen molar-refractivity contribution in [2.45, 2.75) is 52.4 Å². The number of carbonyl (C=O) groups is 2. The highest BCUT2D eigenvalue weighted by Crippen LogP contribution is 2.28. The molecule has 1 aliphatic heterocycles. The third kappa shape index (κ3) is 7.18. The summed E-state index contributed by atoms with van der Waals surface area (Å²) >= 11 is 7.34. The molecule has 1 saturated heterocycles. The fraction of sp³-hybridized carbons (Fsp3) is 0.344. The first kappa shape index (κ1) is 28.9. The molecule has 2 aromatic heterocycles. The van der Waals surface area contributed by atoms with Gasteiger partial charge in [0.1, 0.15) is 5.82 Å². The number of urea groups is 1. The second-order valence-corrected chi connectivity index (χ2v) is 13.4. The van der Waals surface area contributed by atoms with Gasteiger partial charge in [0.2, 0.25) is 0 Å². The molecule has 0 aliphatic carbocycles. The third-order valence-electron chi connectivity index (χ3n) is 7.42. The Morgan fingerprint density at radius 3 is 2.27 bits per heavy atom. The lowest BCUT2D eigenvalue weighted by Gasteiger charge is -2.31. The highest BCUT2D eigenvalue weighted by molar-refractivity contribution is 7.17. The maximum absolute atomic E-state index is 13.0. The number of hydrogen-bond donors (Lipinski definition) is 2. The molecule has 2 N–H and O–H groups in total. The molecule has 0 unspecified atom stereocenters. The fourth-order valence-corrected chi connectivity index (χ4v) is 5.99. The molecule has 2 aromatic carbocycles. The molecule has 1 aliphatic rings. The van der Waals surface area contributed by atoms with Gasteiger partial charge in [0.15, 0.2) is 0 Å². The van der Waals surface area contributed by atoms with Gasteiger partial charge in [0.25, 0.3) is 5.91 Å². The van der Waals surface area contributed by atoms with Crippen molar-refractivity contribution in [1.29, 1.82) is 0 Å². The summed E-state index contributed by atoms with van der Waals surface area (Å²) < 4.78 is 2.42. The largest absolute Gasteiger partial charge is 0.338 e. The van der Waals surface area contributed by atoms with Crippen molar-refractivity contribution < 1.29 is 9.59 Å². The zero-order valence-corrected chi connectivity index (χ0v) is 25.5. The van der Waals surface area contributed by atoms with Crippen molar-refractivity contribution >= 4 is 46.4 Å². The minimum atomic E-state index is -0.324. The summed E-state index contributed by atoms with van der Waals surface area (Å²) in [5.41, 5.74) is 4.72. The van der Waals surface area contributed by atoms with Gasteiger partial charge in [-0.05, 0) is 74.1 Å². The van der Waals surface area contributed by atoms with Crippen LogP contribution in [0.5, 0.6) is 0 Å². The van der Waals surface area contributed by atoms with Crippen LogP contribution in [-0.2, 0) is 11.8 Å². The molecule has 0 bridgehead atoms. The molecule has 9 heteroatoms. The standard InChI is InChI=1S/C32H36ClN5O2S/c1-21-5-11-25(12-6-21)38-29(20-27(36-38)32(2,3)4)35-31(40)34-24-9-7-22(8-10-24)19-23-15-17-37(18-16-23)30(39)26-13-14-28(33)41-26/h5-14,20,23H,15-19H2,1-4H3,(H2,34,35,40). The van der Waals surface area contributed by atoms with Crippen LogP contribution in [0.3, 0.4) is 0 Å². The summed E-state index contributed by atoms with van der Waals surface area (Å²) in [6, 6.07) is 21.2. The molecular weight excluding hydrogens is 554 g/mol. The Morgan fingerprint density at radius 1 is 0.976 bits per heavy atom. The molecule has 0 atom stereocenters. The summed E-state index contributed by atoms with van der Waals surface area (Å²) in [6.07, 6.45) is 2.89. The van der Waals surface area contributed by atoms with Crippen LogP contribution in [0.2, 0.25) is 4.34 Å². The molecule has 0 saturated carbocycles. The Labute approximate surface area is 250 Å². The van der Waals surface area contributed by atoms with E-state index in [1.807, 2.05) is 54.3 Å². The quantitative estimate of drug-likeness (QED) is 0.240. The predicted octanol–water partition coefficient (Wildman–Crippen LogP) is 7.93. The van der Waals surface area contributed by atoms with Crippen molar-refractivity contribution in [2.75, 3.05) is 23.7 Å². The van der Waals surface area contributed by atoms with Crippen LogP contribution in [0, 0.1) is 12.8 Å². The monoisotopic (exact) mass is 589 g/mol. The number of amides is 3.